The van der Waals surface area contributed by atoms with E-state index in [0.29, 0.717) is 13.0 Å². The summed E-state index contributed by atoms with van der Waals surface area (Å²) in [7, 11) is 0. The van der Waals surface area contributed by atoms with Crippen molar-refractivity contribution >= 4 is 5.97 Å². The van der Waals surface area contributed by atoms with Gasteiger partial charge in [0.1, 0.15) is 12.1 Å². The third kappa shape index (κ3) is 2.34. The zero-order chi connectivity index (χ0) is 11.3. The molecule has 15 heavy (non-hydrogen) atoms. The Morgan fingerprint density at radius 1 is 1.73 bits per heavy atom. The molecule has 0 aromatic carbocycles. The van der Waals surface area contributed by atoms with Crippen molar-refractivity contribution in [3.05, 3.63) is 18.2 Å². The first kappa shape index (κ1) is 11.2. The molecule has 0 N–H and O–H groups in total. The number of aromatic nitrogens is 2. The van der Waals surface area contributed by atoms with E-state index in [0.717, 1.165) is 0 Å². The molecule has 0 amide bonds. The number of hydrogen-bond acceptors (Lipinski definition) is 4. The van der Waals surface area contributed by atoms with Crippen LogP contribution in [0, 0.1) is 11.3 Å². The van der Waals surface area contributed by atoms with E-state index in [1.165, 1.54) is 10.8 Å². The number of ether oxygens (including phenoxy) is 1. The molecule has 1 rings (SSSR count). The Bertz CT molecular complexity index is 378. The van der Waals surface area contributed by atoms with Gasteiger partial charge in [-0.15, -0.1) is 0 Å². The van der Waals surface area contributed by atoms with Gasteiger partial charge < -0.3 is 9.30 Å². The molecule has 5 nitrogen and oxygen atoms in total. The number of imidazole rings is 1. The summed E-state index contributed by atoms with van der Waals surface area (Å²) in [6, 6.07) is 1.48. The zero-order valence-electron chi connectivity index (χ0n) is 8.80. The van der Waals surface area contributed by atoms with E-state index in [1.807, 2.05) is 13.0 Å². The van der Waals surface area contributed by atoms with Crippen LogP contribution in [0.15, 0.2) is 12.4 Å². The van der Waals surface area contributed by atoms with Crippen LogP contribution in [0.2, 0.25) is 0 Å². The molecule has 0 radical (unpaired) electrons. The lowest BCUT2D eigenvalue weighted by Gasteiger charge is -2.15. The fourth-order valence-corrected chi connectivity index (χ4v) is 1.37. The maximum Gasteiger partial charge on any atom is 0.329 e. The van der Waals surface area contributed by atoms with Crippen LogP contribution < -0.4 is 0 Å². The zero-order valence-corrected chi connectivity index (χ0v) is 8.80. The lowest BCUT2D eigenvalue weighted by atomic mass is 10.2. The van der Waals surface area contributed by atoms with Gasteiger partial charge in [-0.25, -0.2) is 9.78 Å². The Kier molecular flexibility index (Phi) is 3.86. The molecule has 1 unspecified atom stereocenters. The third-order valence-electron chi connectivity index (χ3n) is 2.05. The van der Waals surface area contributed by atoms with Crippen molar-refractivity contribution in [3.63, 3.8) is 0 Å². The molecule has 1 atom stereocenters. The number of carbonyl (C=O) groups is 1. The van der Waals surface area contributed by atoms with Crippen molar-refractivity contribution in [1.82, 2.24) is 9.55 Å². The molecule has 0 aliphatic heterocycles. The van der Waals surface area contributed by atoms with Gasteiger partial charge in [0.2, 0.25) is 5.82 Å². The van der Waals surface area contributed by atoms with Gasteiger partial charge in [0.15, 0.2) is 0 Å². The molecular formula is C10H13N3O2. The van der Waals surface area contributed by atoms with Crippen LogP contribution in [0.5, 0.6) is 0 Å². The Hall–Kier alpha value is -1.83. The quantitative estimate of drug-likeness (QED) is 0.697. The van der Waals surface area contributed by atoms with E-state index in [1.54, 1.807) is 13.1 Å². The standard InChI is InChI=1S/C10H13N3O2/c1-3-8(10(14)15-4-2)13-6-5-12-9(13)7-11/h5-6,8H,3-4H2,1-2H3. The monoisotopic (exact) mass is 207 g/mol. The van der Waals surface area contributed by atoms with Crippen molar-refractivity contribution in [3.8, 4) is 6.07 Å². The first-order valence-electron chi connectivity index (χ1n) is 4.84. The average molecular weight is 207 g/mol. The number of hydrogen-bond donors (Lipinski definition) is 0. The van der Waals surface area contributed by atoms with Gasteiger partial charge in [-0.3, -0.25) is 0 Å². The second kappa shape index (κ2) is 5.15. The molecule has 1 heterocycles. The Labute approximate surface area is 88.3 Å². The van der Waals surface area contributed by atoms with Crippen LogP contribution in [-0.2, 0) is 9.53 Å². The molecule has 0 bridgehead atoms. The topological polar surface area (TPSA) is 67.9 Å². The largest absolute Gasteiger partial charge is 0.464 e. The maximum atomic E-state index is 11.6. The van der Waals surface area contributed by atoms with Crippen LogP contribution in [0.3, 0.4) is 0 Å². The predicted molar refractivity (Wildman–Crippen MR) is 52.9 cm³/mol. The van der Waals surface area contributed by atoms with E-state index in [9.17, 15) is 4.79 Å². The molecule has 5 heteroatoms. The highest BCUT2D eigenvalue weighted by atomic mass is 16.5. The molecule has 0 aliphatic rings. The summed E-state index contributed by atoms with van der Waals surface area (Å²) in [5.41, 5.74) is 0. The van der Waals surface area contributed by atoms with Crippen molar-refractivity contribution in [2.75, 3.05) is 6.61 Å². The molecule has 1 aromatic rings. The minimum absolute atomic E-state index is 0.231. The number of nitriles is 1. The van der Waals surface area contributed by atoms with Gasteiger partial charge in [0.05, 0.1) is 6.61 Å². The fourth-order valence-electron chi connectivity index (χ4n) is 1.37. The summed E-state index contributed by atoms with van der Waals surface area (Å²) in [6.45, 7) is 3.96. The highest BCUT2D eigenvalue weighted by Gasteiger charge is 2.21. The van der Waals surface area contributed by atoms with E-state index in [2.05, 4.69) is 4.98 Å². The lowest BCUT2D eigenvalue weighted by Crippen LogP contribution is -2.22. The number of esters is 1. The van der Waals surface area contributed by atoms with Crippen LogP contribution in [0.1, 0.15) is 32.1 Å². The average Bonchev–Trinajstić information content (AvgIpc) is 2.67. The van der Waals surface area contributed by atoms with Gasteiger partial charge in [0.25, 0.3) is 0 Å². The predicted octanol–water partition coefficient (Wildman–Crippen LogP) is 1.27. The minimum Gasteiger partial charge on any atom is -0.464 e. The molecule has 0 saturated heterocycles. The Balaban J connectivity index is 2.93. The lowest BCUT2D eigenvalue weighted by molar-refractivity contribution is -0.147. The van der Waals surface area contributed by atoms with Crippen molar-refractivity contribution in [2.45, 2.75) is 26.3 Å². The van der Waals surface area contributed by atoms with Crippen LogP contribution in [0.25, 0.3) is 0 Å². The summed E-state index contributed by atoms with van der Waals surface area (Å²) in [5, 5.41) is 8.78. The van der Waals surface area contributed by atoms with Crippen LogP contribution in [-0.4, -0.2) is 22.1 Å². The van der Waals surface area contributed by atoms with Gasteiger partial charge in [-0.1, -0.05) is 6.92 Å². The SMILES string of the molecule is CCOC(=O)C(CC)n1ccnc1C#N. The molecule has 0 aliphatic carbocycles. The number of carbonyl (C=O) groups excluding carboxylic acids is 1. The molecule has 0 saturated carbocycles. The van der Waals surface area contributed by atoms with Crippen molar-refractivity contribution < 1.29 is 9.53 Å². The molecule has 0 spiro atoms. The Morgan fingerprint density at radius 3 is 3.00 bits per heavy atom. The summed E-state index contributed by atoms with van der Waals surface area (Å²) in [4.78, 5) is 15.4. The van der Waals surface area contributed by atoms with Gasteiger partial charge >= 0.3 is 5.97 Å². The Morgan fingerprint density at radius 2 is 2.47 bits per heavy atom. The van der Waals surface area contributed by atoms with Gasteiger partial charge in [-0.05, 0) is 13.3 Å². The molecule has 80 valence electrons. The fraction of sp³-hybridized carbons (Fsp3) is 0.500. The van der Waals surface area contributed by atoms with E-state index < -0.39 is 6.04 Å². The number of nitrogens with zero attached hydrogens (tertiary/aromatic N) is 3. The minimum atomic E-state index is -0.456. The second-order valence-corrected chi connectivity index (χ2v) is 2.95. The van der Waals surface area contributed by atoms with Crippen molar-refractivity contribution in [2.24, 2.45) is 0 Å². The summed E-state index contributed by atoms with van der Waals surface area (Å²) in [6.07, 6.45) is 3.69. The van der Waals surface area contributed by atoms with Crippen LogP contribution >= 0.6 is 0 Å². The van der Waals surface area contributed by atoms with Crippen LogP contribution in [0.4, 0.5) is 0 Å². The second-order valence-electron chi connectivity index (χ2n) is 2.95. The smallest absolute Gasteiger partial charge is 0.329 e. The number of rotatable bonds is 4. The first-order valence-corrected chi connectivity index (χ1v) is 4.84. The summed E-state index contributed by atoms with van der Waals surface area (Å²) in [5.74, 6) is -0.0931. The molecule has 1 aromatic heterocycles. The van der Waals surface area contributed by atoms with Gasteiger partial charge in [-0.2, -0.15) is 5.26 Å². The van der Waals surface area contributed by atoms with E-state index >= 15 is 0 Å². The molecule has 0 fully saturated rings. The first-order chi connectivity index (χ1) is 7.24. The summed E-state index contributed by atoms with van der Waals surface area (Å²) >= 11 is 0. The maximum absolute atomic E-state index is 11.6. The normalized spacial score (nSPS) is 11.8. The van der Waals surface area contributed by atoms with E-state index in [-0.39, 0.29) is 11.8 Å². The summed E-state index contributed by atoms with van der Waals surface area (Å²) < 4.78 is 6.46. The van der Waals surface area contributed by atoms with Gasteiger partial charge in [0, 0.05) is 12.4 Å². The van der Waals surface area contributed by atoms with E-state index in [4.69, 9.17) is 10.00 Å². The highest BCUT2D eigenvalue weighted by molar-refractivity contribution is 5.74. The third-order valence-corrected chi connectivity index (χ3v) is 2.05. The highest BCUT2D eigenvalue weighted by Crippen LogP contribution is 2.15. The molecular weight excluding hydrogens is 194 g/mol. The van der Waals surface area contributed by atoms with Crippen molar-refractivity contribution in [1.29, 1.82) is 5.26 Å².